The predicted molar refractivity (Wildman–Crippen MR) is 132 cm³/mol. The Kier molecular flexibility index (Phi) is 6.77. The molecule has 0 atom stereocenters. The highest BCUT2D eigenvalue weighted by Gasteiger charge is 2.25. The Labute approximate surface area is 196 Å². The van der Waals surface area contributed by atoms with Crippen molar-refractivity contribution in [3.63, 3.8) is 0 Å². The van der Waals surface area contributed by atoms with Crippen molar-refractivity contribution in [1.29, 1.82) is 0 Å². The summed E-state index contributed by atoms with van der Waals surface area (Å²) in [4.78, 5) is 14.0. The van der Waals surface area contributed by atoms with Gasteiger partial charge in [0.15, 0.2) is 5.75 Å². The number of hydrogen-bond donors (Lipinski definition) is 2. The smallest absolute Gasteiger partial charge is 0.207 e. The summed E-state index contributed by atoms with van der Waals surface area (Å²) >= 11 is 1.26. The van der Waals surface area contributed by atoms with Crippen LogP contribution in [0.4, 0.5) is 4.39 Å². The lowest BCUT2D eigenvalue weighted by Gasteiger charge is -2.11. The number of fused-ring (bicyclic) bond motifs is 1. The summed E-state index contributed by atoms with van der Waals surface area (Å²) in [5.74, 6) is 0.602. The number of thiophene rings is 1. The average Bonchev–Trinajstić information content (AvgIpc) is 3.11. The first-order valence-electron chi connectivity index (χ1n) is 10.9. The number of carbonyl (C=O) groups is 1. The zero-order chi connectivity index (χ0) is 23.5. The van der Waals surface area contributed by atoms with E-state index in [0.717, 1.165) is 29.6 Å². The number of ether oxygens (including phenoxy) is 1. The monoisotopic (exact) mass is 463 g/mol. The first-order chi connectivity index (χ1) is 15.9. The van der Waals surface area contributed by atoms with Crippen molar-refractivity contribution in [1.82, 2.24) is 5.32 Å². The molecule has 0 saturated heterocycles. The second kappa shape index (κ2) is 9.73. The Hall–Kier alpha value is -3.22. The normalized spacial score (nSPS) is 11.2. The van der Waals surface area contributed by atoms with Crippen LogP contribution in [0.15, 0.2) is 54.6 Å². The second-order valence-electron chi connectivity index (χ2n) is 8.03. The third kappa shape index (κ3) is 4.92. The third-order valence-corrected chi connectivity index (χ3v) is 6.68. The second-order valence-corrected chi connectivity index (χ2v) is 9.09. The minimum absolute atomic E-state index is 0.119. The van der Waals surface area contributed by atoms with Gasteiger partial charge in [-0.1, -0.05) is 19.1 Å². The predicted octanol–water partition coefficient (Wildman–Crippen LogP) is 6.54. The lowest BCUT2D eigenvalue weighted by Crippen LogP contribution is -2.15. The van der Waals surface area contributed by atoms with Crippen LogP contribution in [-0.4, -0.2) is 24.0 Å². The van der Waals surface area contributed by atoms with E-state index in [0.29, 0.717) is 33.1 Å². The summed E-state index contributed by atoms with van der Waals surface area (Å²) in [6.45, 7) is 7.38. The van der Waals surface area contributed by atoms with Gasteiger partial charge in [0, 0.05) is 15.6 Å². The Balaban J connectivity index is 1.73. The lowest BCUT2D eigenvalue weighted by molar-refractivity contribution is 0.103. The van der Waals surface area contributed by atoms with E-state index in [9.17, 15) is 14.3 Å². The summed E-state index contributed by atoms with van der Waals surface area (Å²) in [6.07, 6.45) is 0.918. The number of benzene rings is 3. The van der Waals surface area contributed by atoms with Crippen molar-refractivity contribution in [3.8, 4) is 17.2 Å². The van der Waals surface area contributed by atoms with Crippen molar-refractivity contribution in [2.75, 3.05) is 13.1 Å². The van der Waals surface area contributed by atoms with Crippen molar-refractivity contribution in [2.24, 2.45) is 0 Å². The van der Waals surface area contributed by atoms with Gasteiger partial charge in [0.25, 0.3) is 0 Å². The largest absolute Gasteiger partial charge is 0.508 e. The van der Waals surface area contributed by atoms with E-state index >= 15 is 0 Å². The molecule has 6 heteroatoms. The standard InChI is InChI=1S/C27H26FNO3S/c1-4-29-12-11-18-5-8-21(9-6-18)32-26-22-10-7-20(30)15-23(22)33-27(26)25(31)24-16(2)13-19(28)14-17(24)3/h5-10,13-15,29-30H,4,11-12H2,1-3H3. The Bertz CT molecular complexity index is 1290. The molecule has 0 radical (unpaired) electrons. The molecular weight excluding hydrogens is 437 g/mol. The van der Waals surface area contributed by atoms with Gasteiger partial charge in [-0.2, -0.15) is 0 Å². The van der Waals surface area contributed by atoms with Crippen LogP contribution >= 0.6 is 11.3 Å². The molecule has 1 heterocycles. The first kappa shape index (κ1) is 23.0. The summed E-state index contributed by atoms with van der Waals surface area (Å²) in [6, 6.07) is 15.5. The number of ketones is 1. The Morgan fingerprint density at radius 2 is 1.76 bits per heavy atom. The zero-order valence-corrected chi connectivity index (χ0v) is 19.7. The molecule has 0 amide bonds. The SMILES string of the molecule is CCNCCc1ccc(Oc2c(C(=O)c3c(C)cc(F)cc3C)sc3cc(O)ccc23)cc1. The first-order valence-corrected chi connectivity index (χ1v) is 11.7. The molecule has 4 nitrogen and oxygen atoms in total. The number of phenolic OH excluding ortho intramolecular Hbond substituents is 1. The number of rotatable bonds is 8. The quantitative estimate of drug-likeness (QED) is 0.230. The fraction of sp³-hybridized carbons (Fsp3) is 0.222. The molecule has 2 N–H and O–H groups in total. The van der Waals surface area contributed by atoms with Crippen LogP contribution in [0.25, 0.3) is 10.1 Å². The van der Waals surface area contributed by atoms with E-state index < -0.39 is 0 Å². The van der Waals surface area contributed by atoms with Crippen molar-refractivity contribution in [2.45, 2.75) is 27.2 Å². The molecule has 3 aromatic carbocycles. The van der Waals surface area contributed by atoms with E-state index in [1.165, 1.54) is 29.0 Å². The van der Waals surface area contributed by atoms with E-state index in [4.69, 9.17) is 4.74 Å². The topological polar surface area (TPSA) is 58.6 Å². The van der Waals surface area contributed by atoms with E-state index in [-0.39, 0.29) is 17.3 Å². The number of aromatic hydroxyl groups is 1. The number of carbonyl (C=O) groups excluding carboxylic acids is 1. The Morgan fingerprint density at radius 3 is 2.42 bits per heavy atom. The molecule has 0 saturated carbocycles. The molecule has 4 rings (SSSR count). The van der Waals surface area contributed by atoms with Crippen LogP contribution in [-0.2, 0) is 6.42 Å². The number of hydrogen-bond acceptors (Lipinski definition) is 5. The number of aryl methyl sites for hydroxylation is 2. The maximum atomic E-state index is 13.8. The van der Waals surface area contributed by atoms with E-state index in [1.807, 2.05) is 24.3 Å². The molecule has 170 valence electrons. The maximum absolute atomic E-state index is 13.8. The van der Waals surface area contributed by atoms with Gasteiger partial charge in [-0.25, -0.2) is 4.39 Å². The van der Waals surface area contributed by atoms with Gasteiger partial charge in [-0.05, 0) is 92.5 Å². The fourth-order valence-corrected chi connectivity index (χ4v) is 5.06. The van der Waals surface area contributed by atoms with Crippen LogP contribution in [0.5, 0.6) is 17.2 Å². The number of nitrogens with one attached hydrogen (secondary N) is 1. The van der Waals surface area contributed by atoms with Gasteiger partial charge in [-0.3, -0.25) is 4.79 Å². The number of phenols is 1. The summed E-state index contributed by atoms with van der Waals surface area (Å²) < 4.78 is 20.8. The van der Waals surface area contributed by atoms with Crippen molar-refractivity contribution >= 4 is 27.2 Å². The molecule has 0 fully saturated rings. The van der Waals surface area contributed by atoms with Gasteiger partial charge < -0.3 is 15.2 Å². The van der Waals surface area contributed by atoms with Crippen molar-refractivity contribution in [3.05, 3.63) is 87.5 Å². The highest BCUT2D eigenvalue weighted by atomic mass is 32.1. The molecular formula is C27H26FNO3S. The number of likely N-dealkylation sites (N-methyl/N-ethyl adjacent to an activating group) is 1. The van der Waals surface area contributed by atoms with Crippen LogP contribution < -0.4 is 10.1 Å². The average molecular weight is 464 g/mol. The minimum Gasteiger partial charge on any atom is -0.508 e. The van der Waals surface area contributed by atoms with Gasteiger partial charge in [0.2, 0.25) is 5.78 Å². The molecule has 1 aromatic heterocycles. The summed E-state index contributed by atoms with van der Waals surface area (Å²) in [5.41, 5.74) is 2.82. The molecule has 0 bridgehead atoms. The molecule has 4 aromatic rings. The van der Waals surface area contributed by atoms with E-state index in [1.54, 1.807) is 32.0 Å². The lowest BCUT2D eigenvalue weighted by atomic mass is 9.97. The minimum atomic E-state index is -0.367. The molecule has 0 aliphatic rings. The molecule has 33 heavy (non-hydrogen) atoms. The van der Waals surface area contributed by atoms with Gasteiger partial charge in [-0.15, -0.1) is 11.3 Å². The maximum Gasteiger partial charge on any atom is 0.207 e. The fourth-order valence-electron chi connectivity index (χ4n) is 3.95. The van der Waals surface area contributed by atoms with E-state index in [2.05, 4.69) is 12.2 Å². The summed E-state index contributed by atoms with van der Waals surface area (Å²) in [5, 5.41) is 14.0. The molecule has 0 unspecified atom stereocenters. The van der Waals surface area contributed by atoms with Crippen LogP contribution in [0.1, 0.15) is 38.8 Å². The van der Waals surface area contributed by atoms with Crippen LogP contribution in [0.2, 0.25) is 0 Å². The highest BCUT2D eigenvalue weighted by molar-refractivity contribution is 7.21. The Morgan fingerprint density at radius 1 is 1.06 bits per heavy atom. The third-order valence-electron chi connectivity index (χ3n) is 5.54. The van der Waals surface area contributed by atoms with Gasteiger partial charge in [0.1, 0.15) is 22.2 Å². The molecule has 0 spiro atoms. The molecule has 0 aliphatic carbocycles. The van der Waals surface area contributed by atoms with Gasteiger partial charge in [0.05, 0.1) is 0 Å². The highest BCUT2D eigenvalue weighted by Crippen LogP contribution is 2.43. The van der Waals surface area contributed by atoms with Crippen LogP contribution in [0.3, 0.4) is 0 Å². The van der Waals surface area contributed by atoms with Gasteiger partial charge >= 0.3 is 0 Å². The number of halogens is 1. The van der Waals surface area contributed by atoms with Crippen molar-refractivity contribution < 1.29 is 19.0 Å². The zero-order valence-electron chi connectivity index (χ0n) is 18.9. The molecule has 0 aliphatic heterocycles. The van der Waals surface area contributed by atoms with Crippen LogP contribution in [0, 0.1) is 19.7 Å². The summed E-state index contributed by atoms with van der Waals surface area (Å²) in [7, 11) is 0.